The summed E-state index contributed by atoms with van der Waals surface area (Å²) in [6, 6.07) is 18.9. The summed E-state index contributed by atoms with van der Waals surface area (Å²) in [7, 11) is 0. The van der Waals surface area contributed by atoms with Crippen LogP contribution in [0.3, 0.4) is 0 Å². The number of aromatic nitrogens is 3. The average Bonchev–Trinajstić information content (AvgIpc) is 3.11. The quantitative estimate of drug-likeness (QED) is 0.521. The molecule has 0 aliphatic rings. The monoisotopic (exact) mass is 390 g/mol. The van der Waals surface area contributed by atoms with E-state index in [9.17, 15) is 4.79 Å². The number of benzene rings is 3. The third-order valence-corrected chi connectivity index (χ3v) is 4.90. The lowest BCUT2D eigenvalue weighted by Crippen LogP contribution is -2.12. The number of nitrogens with one attached hydrogen (secondary N) is 1. The van der Waals surface area contributed by atoms with Gasteiger partial charge in [0.2, 0.25) is 0 Å². The smallest absolute Gasteiger partial charge is 0.257 e. The number of carbonyl (C=O) groups excluding carboxylic acids is 1. The van der Waals surface area contributed by atoms with Gasteiger partial charge < -0.3 is 5.32 Å². The fraction of sp³-hybridized carbons (Fsp3) is 0.136. The lowest BCUT2D eigenvalue weighted by Gasteiger charge is -2.07. The second-order valence-corrected chi connectivity index (χ2v) is 7.06. The summed E-state index contributed by atoms with van der Waals surface area (Å²) in [5.41, 5.74) is 5.70. The van der Waals surface area contributed by atoms with Crippen molar-refractivity contribution in [2.24, 2.45) is 0 Å². The molecule has 1 amide bonds. The van der Waals surface area contributed by atoms with Crippen LogP contribution in [-0.4, -0.2) is 20.9 Å². The molecule has 0 radical (unpaired) electrons. The zero-order valence-electron chi connectivity index (χ0n) is 15.6. The molecule has 1 heterocycles. The molecule has 0 aliphatic carbocycles. The van der Waals surface area contributed by atoms with E-state index in [2.05, 4.69) is 34.6 Å². The molecule has 28 heavy (non-hydrogen) atoms. The van der Waals surface area contributed by atoms with Gasteiger partial charge in [0.1, 0.15) is 11.0 Å². The van der Waals surface area contributed by atoms with E-state index in [1.165, 1.54) is 5.56 Å². The largest absolute Gasteiger partial charge is 0.322 e. The third-order valence-electron chi connectivity index (χ3n) is 4.58. The number of nitrogens with zero attached hydrogens (tertiary/aromatic N) is 3. The number of hydrogen-bond donors (Lipinski definition) is 1. The third kappa shape index (κ3) is 3.62. The molecular weight excluding hydrogens is 372 g/mol. The molecule has 140 valence electrons. The van der Waals surface area contributed by atoms with Gasteiger partial charge in [-0.25, -0.2) is 0 Å². The minimum Gasteiger partial charge on any atom is -0.322 e. The van der Waals surface area contributed by atoms with Crippen LogP contribution < -0.4 is 5.32 Å². The minimum atomic E-state index is -0.258. The first kappa shape index (κ1) is 18.2. The van der Waals surface area contributed by atoms with Crippen LogP contribution in [0, 0.1) is 6.92 Å². The predicted octanol–water partition coefficient (Wildman–Crippen LogP) is 5.20. The summed E-state index contributed by atoms with van der Waals surface area (Å²) < 4.78 is 0. The van der Waals surface area contributed by atoms with Gasteiger partial charge >= 0.3 is 0 Å². The highest BCUT2D eigenvalue weighted by Crippen LogP contribution is 2.21. The van der Waals surface area contributed by atoms with Gasteiger partial charge in [0, 0.05) is 5.69 Å². The second kappa shape index (κ2) is 7.44. The van der Waals surface area contributed by atoms with Crippen LogP contribution in [0.15, 0.2) is 60.7 Å². The van der Waals surface area contributed by atoms with Crippen LogP contribution >= 0.6 is 11.6 Å². The molecule has 3 aromatic carbocycles. The van der Waals surface area contributed by atoms with Crippen molar-refractivity contribution < 1.29 is 4.79 Å². The van der Waals surface area contributed by atoms with E-state index >= 15 is 0 Å². The first-order valence-corrected chi connectivity index (χ1v) is 9.45. The highest BCUT2D eigenvalue weighted by molar-refractivity contribution is 6.34. The van der Waals surface area contributed by atoms with Gasteiger partial charge in [-0.1, -0.05) is 36.7 Å². The topological polar surface area (TPSA) is 59.8 Å². The maximum absolute atomic E-state index is 12.5. The molecule has 0 bridgehead atoms. The van der Waals surface area contributed by atoms with E-state index in [1.807, 2.05) is 37.3 Å². The number of halogens is 1. The second-order valence-electron chi connectivity index (χ2n) is 6.65. The zero-order chi connectivity index (χ0) is 19.7. The summed E-state index contributed by atoms with van der Waals surface area (Å²) in [5.74, 6) is -0.258. The Bertz CT molecular complexity index is 1170. The van der Waals surface area contributed by atoms with Crippen LogP contribution in [0.4, 0.5) is 5.69 Å². The molecular formula is C22H19ClN4O. The standard InChI is InChI=1S/C22H19ClN4O/c1-3-15-5-8-17(9-6-15)27-25-20-11-7-16(13-21(20)26-27)24-22(28)18-10-4-14(2)12-19(18)23/h4-13H,3H2,1-2H3,(H,24,28). The van der Waals surface area contributed by atoms with Crippen LogP contribution in [0.25, 0.3) is 16.7 Å². The Morgan fingerprint density at radius 3 is 2.46 bits per heavy atom. The van der Waals surface area contributed by atoms with Crippen molar-refractivity contribution in [3.05, 3.63) is 82.4 Å². The Labute approximate surface area is 167 Å². The molecule has 0 unspecified atom stereocenters. The minimum absolute atomic E-state index is 0.258. The van der Waals surface area contributed by atoms with Crippen molar-refractivity contribution in [2.75, 3.05) is 5.32 Å². The van der Waals surface area contributed by atoms with Crippen LogP contribution in [0.5, 0.6) is 0 Å². The Morgan fingerprint density at radius 1 is 1.00 bits per heavy atom. The summed E-state index contributed by atoms with van der Waals surface area (Å²) >= 11 is 6.19. The molecule has 1 aromatic heterocycles. The molecule has 4 rings (SSSR count). The van der Waals surface area contributed by atoms with Crippen molar-refractivity contribution >= 4 is 34.2 Å². The van der Waals surface area contributed by atoms with Gasteiger partial charge in [0.25, 0.3) is 5.91 Å². The van der Waals surface area contributed by atoms with E-state index in [0.717, 1.165) is 23.2 Å². The number of carbonyl (C=O) groups is 1. The van der Waals surface area contributed by atoms with Crippen molar-refractivity contribution in [3.63, 3.8) is 0 Å². The van der Waals surface area contributed by atoms with Gasteiger partial charge in [-0.3, -0.25) is 4.79 Å². The first-order valence-electron chi connectivity index (χ1n) is 9.07. The van der Waals surface area contributed by atoms with Crippen LogP contribution in [0.1, 0.15) is 28.4 Å². The molecule has 4 aromatic rings. The predicted molar refractivity (Wildman–Crippen MR) is 112 cm³/mol. The number of anilines is 1. The molecule has 0 saturated carbocycles. The van der Waals surface area contributed by atoms with E-state index in [-0.39, 0.29) is 5.91 Å². The van der Waals surface area contributed by atoms with E-state index < -0.39 is 0 Å². The Balaban J connectivity index is 1.59. The van der Waals surface area contributed by atoms with Gasteiger partial charge in [0.05, 0.1) is 16.3 Å². The Kier molecular flexibility index (Phi) is 4.84. The lowest BCUT2D eigenvalue weighted by molar-refractivity contribution is 0.102. The normalized spacial score (nSPS) is 11.0. The Hall–Kier alpha value is -3.18. The van der Waals surface area contributed by atoms with Gasteiger partial charge in [-0.2, -0.15) is 4.80 Å². The van der Waals surface area contributed by atoms with Crippen molar-refractivity contribution in [1.29, 1.82) is 0 Å². The number of fused-ring (bicyclic) bond motifs is 1. The zero-order valence-corrected chi connectivity index (χ0v) is 16.4. The molecule has 0 fully saturated rings. The highest BCUT2D eigenvalue weighted by atomic mass is 35.5. The van der Waals surface area contributed by atoms with Crippen molar-refractivity contribution in [1.82, 2.24) is 15.0 Å². The molecule has 0 aliphatic heterocycles. The van der Waals surface area contributed by atoms with Crippen molar-refractivity contribution in [3.8, 4) is 5.69 Å². The molecule has 0 atom stereocenters. The van der Waals surface area contributed by atoms with Gasteiger partial charge in [-0.05, 0) is 66.9 Å². The SMILES string of the molecule is CCc1ccc(-n2nc3ccc(NC(=O)c4ccc(C)cc4Cl)cc3n2)cc1. The number of hydrogen-bond acceptors (Lipinski definition) is 3. The Morgan fingerprint density at radius 2 is 1.75 bits per heavy atom. The van der Waals surface area contributed by atoms with Crippen LogP contribution in [-0.2, 0) is 6.42 Å². The van der Waals surface area contributed by atoms with E-state index in [0.29, 0.717) is 21.8 Å². The number of aryl methyl sites for hydroxylation is 2. The summed E-state index contributed by atoms with van der Waals surface area (Å²) in [5, 5.41) is 12.4. The summed E-state index contributed by atoms with van der Waals surface area (Å²) in [6.45, 7) is 4.05. The molecule has 6 heteroatoms. The fourth-order valence-corrected chi connectivity index (χ4v) is 3.30. The van der Waals surface area contributed by atoms with Crippen molar-refractivity contribution in [2.45, 2.75) is 20.3 Å². The number of amides is 1. The van der Waals surface area contributed by atoms with E-state index in [1.54, 1.807) is 23.0 Å². The fourth-order valence-electron chi connectivity index (χ4n) is 2.98. The molecule has 5 nitrogen and oxygen atoms in total. The maximum Gasteiger partial charge on any atom is 0.257 e. The maximum atomic E-state index is 12.5. The van der Waals surface area contributed by atoms with E-state index in [4.69, 9.17) is 11.6 Å². The summed E-state index contributed by atoms with van der Waals surface area (Å²) in [4.78, 5) is 14.1. The first-order chi connectivity index (χ1) is 13.5. The van der Waals surface area contributed by atoms with Gasteiger partial charge in [-0.15, -0.1) is 10.2 Å². The lowest BCUT2D eigenvalue weighted by atomic mass is 10.1. The molecule has 0 saturated heterocycles. The highest BCUT2D eigenvalue weighted by Gasteiger charge is 2.12. The molecule has 0 spiro atoms. The van der Waals surface area contributed by atoms with Gasteiger partial charge in [0.15, 0.2) is 0 Å². The summed E-state index contributed by atoms with van der Waals surface area (Å²) in [6.07, 6.45) is 0.989. The average molecular weight is 391 g/mol. The molecule has 1 N–H and O–H groups in total. The number of rotatable bonds is 4. The van der Waals surface area contributed by atoms with Crippen LogP contribution in [0.2, 0.25) is 5.02 Å².